The van der Waals surface area contributed by atoms with Crippen LogP contribution in [0, 0.1) is 0 Å². The van der Waals surface area contributed by atoms with Gasteiger partial charge in [-0.15, -0.1) is 11.3 Å². The maximum atomic E-state index is 12.4. The first-order valence-corrected chi connectivity index (χ1v) is 8.45. The minimum absolute atomic E-state index is 0.108. The van der Waals surface area contributed by atoms with Crippen molar-refractivity contribution in [3.8, 4) is 0 Å². The Kier molecular flexibility index (Phi) is 4.66. The molecule has 1 heterocycles. The lowest BCUT2D eigenvalue weighted by Gasteiger charge is -2.15. The summed E-state index contributed by atoms with van der Waals surface area (Å²) in [5, 5.41) is 0. The van der Waals surface area contributed by atoms with Crippen molar-refractivity contribution in [3.05, 3.63) is 45.6 Å². The van der Waals surface area contributed by atoms with E-state index in [1.54, 1.807) is 37.3 Å². The molecule has 8 heteroatoms. The van der Waals surface area contributed by atoms with E-state index in [0.29, 0.717) is 10.0 Å². The highest BCUT2D eigenvalue weighted by Crippen LogP contribution is 2.28. The van der Waals surface area contributed by atoms with Crippen LogP contribution in [-0.2, 0) is 10.0 Å². The van der Waals surface area contributed by atoms with Crippen LogP contribution < -0.4 is 16.0 Å². The van der Waals surface area contributed by atoms with Crippen molar-refractivity contribution < 1.29 is 8.42 Å². The van der Waals surface area contributed by atoms with Gasteiger partial charge < -0.3 is 5.43 Å². The number of rotatable bonds is 5. The molecule has 0 fully saturated rings. The van der Waals surface area contributed by atoms with E-state index in [1.165, 1.54) is 17.4 Å². The standard InChI is InChI=1S/C12H14ClN3O2S2/c1-8(10-6-7-12(13)19-10)16-20(17,18)11-5-3-2-4-9(11)15-14/h2-8,15-16H,14H2,1H3. The van der Waals surface area contributed by atoms with Gasteiger partial charge in [0.15, 0.2) is 0 Å². The fourth-order valence-corrected chi connectivity index (χ4v) is 4.27. The number of nitrogens with two attached hydrogens (primary N) is 1. The summed E-state index contributed by atoms with van der Waals surface area (Å²) in [7, 11) is -3.67. The number of hydrogen-bond acceptors (Lipinski definition) is 5. The van der Waals surface area contributed by atoms with Gasteiger partial charge in [0.2, 0.25) is 10.0 Å². The minimum atomic E-state index is -3.67. The highest BCUT2D eigenvalue weighted by molar-refractivity contribution is 7.89. The Balaban J connectivity index is 2.27. The third-order valence-electron chi connectivity index (χ3n) is 2.68. The molecule has 2 aromatic rings. The van der Waals surface area contributed by atoms with Gasteiger partial charge in [-0.3, -0.25) is 5.84 Å². The van der Waals surface area contributed by atoms with Gasteiger partial charge >= 0.3 is 0 Å². The van der Waals surface area contributed by atoms with Crippen molar-refractivity contribution in [2.75, 3.05) is 5.43 Å². The molecule has 20 heavy (non-hydrogen) atoms. The first-order chi connectivity index (χ1) is 9.44. The number of nitrogen functional groups attached to an aromatic ring is 1. The van der Waals surface area contributed by atoms with E-state index in [9.17, 15) is 8.42 Å². The second kappa shape index (κ2) is 6.11. The Morgan fingerprint density at radius 2 is 1.95 bits per heavy atom. The summed E-state index contributed by atoms with van der Waals surface area (Å²) in [6, 6.07) is 9.60. The Hall–Kier alpha value is -1.12. The van der Waals surface area contributed by atoms with Crippen molar-refractivity contribution in [1.82, 2.24) is 4.72 Å². The average Bonchev–Trinajstić information content (AvgIpc) is 2.85. The number of nitrogens with one attached hydrogen (secondary N) is 2. The van der Waals surface area contributed by atoms with Crippen LogP contribution in [0.4, 0.5) is 5.69 Å². The van der Waals surface area contributed by atoms with E-state index in [4.69, 9.17) is 17.4 Å². The highest BCUT2D eigenvalue weighted by Gasteiger charge is 2.21. The van der Waals surface area contributed by atoms with Gasteiger partial charge in [0.25, 0.3) is 0 Å². The minimum Gasteiger partial charge on any atom is -0.323 e. The number of benzene rings is 1. The molecule has 0 saturated heterocycles. The van der Waals surface area contributed by atoms with Gasteiger partial charge in [0.05, 0.1) is 16.1 Å². The van der Waals surface area contributed by atoms with Gasteiger partial charge in [-0.1, -0.05) is 23.7 Å². The van der Waals surface area contributed by atoms with Crippen LogP contribution in [0.2, 0.25) is 4.34 Å². The van der Waals surface area contributed by atoms with E-state index in [0.717, 1.165) is 4.88 Å². The molecule has 0 radical (unpaired) electrons. The quantitative estimate of drug-likeness (QED) is 0.581. The molecule has 1 unspecified atom stereocenters. The third-order valence-corrected chi connectivity index (χ3v) is 5.70. The molecule has 5 nitrogen and oxygen atoms in total. The number of anilines is 1. The smallest absolute Gasteiger partial charge is 0.243 e. The summed E-state index contributed by atoms with van der Waals surface area (Å²) in [6.45, 7) is 1.76. The number of sulfonamides is 1. The first-order valence-electron chi connectivity index (χ1n) is 5.77. The zero-order valence-corrected chi connectivity index (χ0v) is 13.0. The van der Waals surface area contributed by atoms with Crippen LogP contribution >= 0.6 is 22.9 Å². The second-order valence-electron chi connectivity index (χ2n) is 4.13. The molecule has 0 bridgehead atoms. The Bertz CT molecular complexity index is 700. The van der Waals surface area contributed by atoms with Crippen LogP contribution in [0.3, 0.4) is 0 Å². The summed E-state index contributed by atoms with van der Waals surface area (Å²) in [5.74, 6) is 5.33. The zero-order valence-electron chi connectivity index (χ0n) is 10.6. The van der Waals surface area contributed by atoms with Crippen LogP contribution in [0.15, 0.2) is 41.3 Å². The third kappa shape index (κ3) is 3.31. The average molecular weight is 332 g/mol. The Morgan fingerprint density at radius 3 is 2.55 bits per heavy atom. The van der Waals surface area contributed by atoms with E-state index < -0.39 is 10.0 Å². The molecule has 1 aromatic heterocycles. The molecule has 108 valence electrons. The van der Waals surface area contributed by atoms with Crippen LogP contribution in [0.5, 0.6) is 0 Å². The lowest BCUT2D eigenvalue weighted by molar-refractivity contribution is 0.569. The number of para-hydroxylation sites is 1. The molecule has 1 aromatic carbocycles. The fourth-order valence-electron chi connectivity index (χ4n) is 1.74. The zero-order chi connectivity index (χ0) is 14.8. The lowest BCUT2D eigenvalue weighted by Crippen LogP contribution is -2.27. The summed E-state index contributed by atoms with van der Waals surface area (Å²) < 4.78 is 28.0. The van der Waals surface area contributed by atoms with Gasteiger partial charge in [-0.2, -0.15) is 0 Å². The van der Waals surface area contributed by atoms with E-state index >= 15 is 0 Å². The maximum Gasteiger partial charge on any atom is 0.243 e. The van der Waals surface area contributed by atoms with Crippen molar-refractivity contribution in [3.63, 3.8) is 0 Å². The molecule has 2 rings (SSSR count). The topological polar surface area (TPSA) is 84.2 Å². The fraction of sp³-hybridized carbons (Fsp3) is 0.167. The molecule has 0 aliphatic carbocycles. The van der Waals surface area contributed by atoms with Gasteiger partial charge in [-0.25, -0.2) is 13.1 Å². The maximum absolute atomic E-state index is 12.4. The Labute approximate surface area is 126 Å². The van der Waals surface area contributed by atoms with Crippen molar-refractivity contribution >= 4 is 38.6 Å². The van der Waals surface area contributed by atoms with E-state index in [1.807, 2.05) is 0 Å². The van der Waals surface area contributed by atoms with Gasteiger partial charge in [-0.05, 0) is 31.2 Å². The molecule has 1 atom stereocenters. The molecule has 0 aliphatic heterocycles. The summed E-state index contributed by atoms with van der Waals surface area (Å²) >= 11 is 7.19. The van der Waals surface area contributed by atoms with Crippen molar-refractivity contribution in [1.29, 1.82) is 0 Å². The number of hydrogen-bond donors (Lipinski definition) is 3. The first kappa shape index (κ1) is 15.3. The predicted molar refractivity (Wildman–Crippen MR) is 82.3 cm³/mol. The summed E-state index contributed by atoms with van der Waals surface area (Å²) in [5.41, 5.74) is 2.73. The molecule has 0 saturated carbocycles. The molecule has 0 aliphatic rings. The van der Waals surface area contributed by atoms with Gasteiger partial charge in [0, 0.05) is 4.88 Å². The number of thiophene rings is 1. The lowest BCUT2D eigenvalue weighted by atomic mass is 10.3. The Morgan fingerprint density at radius 1 is 1.25 bits per heavy atom. The van der Waals surface area contributed by atoms with Crippen LogP contribution in [-0.4, -0.2) is 8.42 Å². The van der Waals surface area contributed by atoms with Gasteiger partial charge in [0.1, 0.15) is 4.90 Å². The van der Waals surface area contributed by atoms with Crippen molar-refractivity contribution in [2.45, 2.75) is 17.9 Å². The highest BCUT2D eigenvalue weighted by atomic mass is 35.5. The number of hydrazine groups is 1. The predicted octanol–water partition coefficient (Wildman–Crippen LogP) is 2.73. The van der Waals surface area contributed by atoms with Crippen molar-refractivity contribution in [2.24, 2.45) is 5.84 Å². The molecular weight excluding hydrogens is 318 g/mol. The molecule has 0 spiro atoms. The SMILES string of the molecule is CC(NS(=O)(=O)c1ccccc1NN)c1ccc(Cl)s1. The molecule has 4 N–H and O–H groups in total. The van der Waals surface area contributed by atoms with E-state index in [2.05, 4.69) is 10.1 Å². The van der Waals surface area contributed by atoms with Crippen LogP contribution in [0.25, 0.3) is 0 Å². The van der Waals surface area contributed by atoms with E-state index in [-0.39, 0.29) is 10.9 Å². The molecular formula is C12H14ClN3O2S2. The summed E-state index contributed by atoms with van der Waals surface area (Å²) in [6.07, 6.45) is 0. The second-order valence-corrected chi connectivity index (χ2v) is 7.55. The summed E-state index contributed by atoms with van der Waals surface area (Å²) in [4.78, 5) is 0.953. The largest absolute Gasteiger partial charge is 0.323 e. The van der Waals surface area contributed by atoms with Crippen LogP contribution in [0.1, 0.15) is 17.8 Å². The normalized spacial score (nSPS) is 13.2. The number of halogens is 1. The monoisotopic (exact) mass is 331 g/mol. The molecule has 0 amide bonds.